The van der Waals surface area contributed by atoms with E-state index in [-0.39, 0.29) is 5.56 Å². The molecule has 2 aromatic carbocycles. The van der Waals surface area contributed by atoms with E-state index in [1.165, 1.54) is 21.8 Å². The number of halogens is 1. The van der Waals surface area contributed by atoms with Crippen molar-refractivity contribution in [1.82, 2.24) is 9.97 Å². The first-order chi connectivity index (χ1) is 16.6. The second-order valence-electron chi connectivity index (χ2n) is 8.89. The number of fused-ring (bicyclic) bond motifs is 2. The lowest BCUT2D eigenvalue weighted by Crippen LogP contribution is -3.27. The van der Waals surface area contributed by atoms with E-state index in [0.717, 1.165) is 72.5 Å². The highest BCUT2D eigenvalue weighted by Gasteiger charge is 2.25. The second-order valence-corrected chi connectivity index (χ2v) is 10.2. The quantitative estimate of drug-likeness (QED) is 0.392. The van der Waals surface area contributed by atoms with Crippen molar-refractivity contribution >= 4 is 33.2 Å². The lowest BCUT2D eigenvalue weighted by Gasteiger charge is -2.29. The molecule has 6 rings (SSSR count). The minimum absolute atomic E-state index is 0.0716. The van der Waals surface area contributed by atoms with Gasteiger partial charge in [-0.2, -0.15) is 0 Å². The van der Waals surface area contributed by atoms with Crippen molar-refractivity contribution < 1.29 is 19.3 Å². The molecule has 3 N–H and O–H groups in total. The zero-order chi connectivity index (χ0) is 23.1. The molecule has 0 radical (unpaired) electrons. The summed E-state index contributed by atoms with van der Waals surface area (Å²) in [5.41, 5.74) is 3.08. The third kappa shape index (κ3) is 4.30. The molecule has 0 spiro atoms. The van der Waals surface area contributed by atoms with Crippen LogP contribution in [0, 0.1) is 0 Å². The Morgan fingerprint density at radius 2 is 1.71 bits per heavy atom. The number of thiophene rings is 1. The minimum Gasteiger partial charge on any atom is -0.454 e. The summed E-state index contributed by atoms with van der Waals surface area (Å²) >= 11 is 7.53. The van der Waals surface area contributed by atoms with E-state index in [0.29, 0.717) is 17.2 Å². The largest absolute Gasteiger partial charge is 0.454 e. The molecule has 9 heteroatoms. The number of ether oxygens (including phenoxy) is 2. The molecule has 2 aliphatic rings. The molecular weight excluding hydrogens is 472 g/mol. The van der Waals surface area contributed by atoms with E-state index >= 15 is 0 Å². The number of hydrogen-bond acceptors (Lipinski definition) is 5. The van der Waals surface area contributed by atoms with Crippen LogP contribution >= 0.6 is 22.9 Å². The molecule has 0 bridgehead atoms. The smallest absolute Gasteiger partial charge is 0.260 e. The summed E-state index contributed by atoms with van der Waals surface area (Å²) in [5.74, 6) is 2.44. The van der Waals surface area contributed by atoms with E-state index < -0.39 is 0 Å². The van der Waals surface area contributed by atoms with Crippen LogP contribution in [0.25, 0.3) is 21.3 Å². The first-order valence-corrected chi connectivity index (χ1v) is 12.7. The van der Waals surface area contributed by atoms with Crippen LogP contribution in [0.15, 0.2) is 52.6 Å². The molecule has 2 aliphatic heterocycles. The van der Waals surface area contributed by atoms with Crippen molar-refractivity contribution in [3.63, 3.8) is 0 Å². The zero-order valence-corrected chi connectivity index (χ0v) is 20.1. The zero-order valence-electron chi connectivity index (χ0n) is 18.5. The molecule has 7 nitrogen and oxygen atoms in total. The van der Waals surface area contributed by atoms with Gasteiger partial charge < -0.3 is 24.3 Å². The number of nitrogens with zero attached hydrogens (tertiary/aromatic N) is 1. The van der Waals surface area contributed by atoms with Gasteiger partial charge in [-0.05, 0) is 35.9 Å². The molecule has 1 fully saturated rings. The van der Waals surface area contributed by atoms with Crippen LogP contribution in [-0.4, -0.2) is 42.9 Å². The topological polar surface area (TPSA) is 73.1 Å². The van der Waals surface area contributed by atoms with Gasteiger partial charge in [0.15, 0.2) is 17.3 Å². The summed E-state index contributed by atoms with van der Waals surface area (Å²) in [6, 6.07) is 13.8. The van der Waals surface area contributed by atoms with Crippen LogP contribution in [-0.2, 0) is 13.1 Å². The van der Waals surface area contributed by atoms with Crippen LogP contribution in [0.5, 0.6) is 11.5 Å². The van der Waals surface area contributed by atoms with Crippen molar-refractivity contribution in [2.75, 3.05) is 33.0 Å². The molecule has 0 amide bonds. The number of piperazine rings is 1. The van der Waals surface area contributed by atoms with Gasteiger partial charge in [0.25, 0.3) is 5.56 Å². The molecule has 2 aromatic heterocycles. The molecule has 174 valence electrons. The van der Waals surface area contributed by atoms with Gasteiger partial charge in [-0.3, -0.25) is 4.79 Å². The Hall–Kier alpha value is -2.91. The Morgan fingerprint density at radius 3 is 2.50 bits per heavy atom. The van der Waals surface area contributed by atoms with E-state index in [2.05, 4.69) is 17.1 Å². The SMILES string of the molecule is O=c1[nH]c(C[NH+]2CC[NH+](Cc3ccc4c(c3)OCO4)CC2)nc2scc(-c3ccc(Cl)cc3)c12. The van der Waals surface area contributed by atoms with Gasteiger partial charge in [0, 0.05) is 21.5 Å². The van der Waals surface area contributed by atoms with Gasteiger partial charge >= 0.3 is 0 Å². The Balaban J connectivity index is 1.11. The summed E-state index contributed by atoms with van der Waals surface area (Å²) < 4.78 is 10.9. The van der Waals surface area contributed by atoms with Crippen molar-refractivity contribution in [3.8, 4) is 22.6 Å². The Bertz CT molecular complexity index is 1390. The summed E-state index contributed by atoms with van der Waals surface area (Å²) in [6.45, 7) is 6.27. The van der Waals surface area contributed by atoms with Crippen LogP contribution in [0.2, 0.25) is 5.02 Å². The molecule has 4 aromatic rings. The molecule has 34 heavy (non-hydrogen) atoms. The van der Waals surface area contributed by atoms with E-state index in [4.69, 9.17) is 26.1 Å². The number of benzene rings is 2. The van der Waals surface area contributed by atoms with Gasteiger partial charge in [0.2, 0.25) is 6.79 Å². The number of hydrogen-bond donors (Lipinski definition) is 3. The lowest BCUT2D eigenvalue weighted by atomic mass is 10.1. The average Bonchev–Trinajstić information content (AvgIpc) is 3.48. The molecule has 0 aliphatic carbocycles. The Kier molecular flexibility index (Phi) is 5.74. The van der Waals surface area contributed by atoms with Gasteiger partial charge in [0.05, 0.1) is 5.39 Å². The number of H-pyrrole nitrogens is 1. The molecule has 4 heterocycles. The Labute approximate surface area is 205 Å². The summed E-state index contributed by atoms with van der Waals surface area (Å²) in [5, 5.41) is 3.34. The molecule has 0 unspecified atom stereocenters. The van der Waals surface area contributed by atoms with Crippen molar-refractivity contribution in [2.45, 2.75) is 13.1 Å². The Morgan fingerprint density at radius 1 is 0.971 bits per heavy atom. The number of nitrogens with one attached hydrogen (secondary N) is 3. The summed E-state index contributed by atoms with van der Waals surface area (Å²) in [7, 11) is 0. The summed E-state index contributed by atoms with van der Waals surface area (Å²) in [4.78, 5) is 24.6. The highest BCUT2D eigenvalue weighted by atomic mass is 35.5. The molecule has 0 atom stereocenters. The van der Waals surface area contributed by atoms with E-state index in [1.807, 2.05) is 35.7 Å². The van der Waals surface area contributed by atoms with Gasteiger partial charge in [-0.1, -0.05) is 23.7 Å². The first kappa shape index (κ1) is 21.6. The standard InChI is InChI=1S/C25H23ClN4O3S/c26-18-4-2-17(3-5-18)19-14-34-25-23(19)24(31)27-22(28-25)13-30-9-7-29(8-10-30)12-16-1-6-20-21(11-16)33-15-32-20/h1-6,11,14H,7-10,12-13,15H2,(H,27,28,31)/p+2. The fraction of sp³-hybridized carbons (Fsp3) is 0.280. The third-order valence-corrected chi connectivity index (χ3v) is 7.75. The normalized spacial score (nSPS) is 19.6. The van der Waals surface area contributed by atoms with Crippen molar-refractivity contribution in [1.29, 1.82) is 0 Å². The maximum absolute atomic E-state index is 13.0. The fourth-order valence-corrected chi connectivity index (χ4v) is 5.90. The predicted octanol–water partition coefficient (Wildman–Crippen LogP) is 1.52. The van der Waals surface area contributed by atoms with Crippen LogP contribution in [0.4, 0.5) is 0 Å². The maximum Gasteiger partial charge on any atom is 0.260 e. The van der Waals surface area contributed by atoms with Crippen LogP contribution < -0.4 is 24.8 Å². The monoisotopic (exact) mass is 496 g/mol. The van der Waals surface area contributed by atoms with E-state index in [1.54, 1.807) is 4.90 Å². The highest BCUT2D eigenvalue weighted by molar-refractivity contribution is 7.17. The highest BCUT2D eigenvalue weighted by Crippen LogP contribution is 2.32. The number of aromatic nitrogens is 2. The average molecular weight is 497 g/mol. The van der Waals surface area contributed by atoms with E-state index in [9.17, 15) is 4.79 Å². The van der Waals surface area contributed by atoms with Gasteiger partial charge in [-0.15, -0.1) is 11.3 Å². The summed E-state index contributed by atoms with van der Waals surface area (Å²) in [6.07, 6.45) is 0. The minimum atomic E-state index is -0.0716. The van der Waals surface area contributed by atoms with Gasteiger partial charge in [-0.25, -0.2) is 4.98 Å². The number of quaternary nitrogens is 2. The van der Waals surface area contributed by atoms with Crippen molar-refractivity contribution in [3.05, 3.63) is 74.6 Å². The fourth-order valence-electron chi connectivity index (χ4n) is 4.81. The van der Waals surface area contributed by atoms with Crippen LogP contribution in [0.3, 0.4) is 0 Å². The molecule has 1 saturated heterocycles. The molecule has 0 saturated carbocycles. The third-order valence-electron chi connectivity index (χ3n) is 6.62. The van der Waals surface area contributed by atoms with Crippen molar-refractivity contribution in [2.24, 2.45) is 0 Å². The van der Waals surface area contributed by atoms with Gasteiger partial charge in [0.1, 0.15) is 44.1 Å². The lowest BCUT2D eigenvalue weighted by molar-refractivity contribution is -1.02. The van der Waals surface area contributed by atoms with Crippen LogP contribution in [0.1, 0.15) is 11.4 Å². The molecular formula is C25H25ClN4O3S+2. The maximum atomic E-state index is 13.0. The number of aromatic amines is 1. The first-order valence-electron chi connectivity index (χ1n) is 11.4. The predicted molar refractivity (Wildman–Crippen MR) is 132 cm³/mol. The second kappa shape index (κ2) is 9.03. The number of rotatable bonds is 5.